The highest BCUT2D eigenvalue weighted by Gasteiger charge is 1.99. The summed E-state index contributed by atoms with van der Waals surface area (Å²) in [5, 5.41) is 20.7. The van der Waals surface area contributed by atoms with Gasteiger partial charge in [0.15, 0.2) is 0 Å². The van der Waals surface area contributed by atoms with E-state index in [0.29, 0.717) is 13.1 Å². The molecule has 1 aromatic rings. The van der Waals surface area contributed by atoms with E-state index >= 15 is 0 Å². The number of aliphatic carboxylic acids is 1. The van der Waals surface area contributed by atoms with Crippen molar-refractivity contribution < 1.29 is 15.0 Å². The number of phenolic OH excluding ortho intramolecular Hbond substituents is 1. The Hall–Kier alpha value is -1.55. The molecule has 0 aliphatic carbocycles. The molecule has 76 valence electrons. The average molecular weight is 195 g/mol. The molecule has 4 heteroatoms. The van der Waals surface area contributed by atoms with E-state index in [2.05, 4.69) is 5.32 Å². The summed E-state index contributed by atoms with van der Waals surface area (Å²) in [6.07, 6.45) is 0.0909. The van der Waals surface area contributed by atoms with Crippen LogP contribution < -0.4 is 5.32 Å². The zero-order chi connectivity index (χ0) is 10.4. The summed E-state index contributed by atoms with van der Waals surface area (Å²) < 4.78 is 0. The molecule has 0 fully saturated rings. The molecule has 0 saturated heterocycles. The molecular weight excluding hydrogens is 182 g/mol. The molecule has 0 bridgehead atoms. The van der Waals surface area contributed by atoms with Gasteiger partial charge in [0, 0.05) is 18.7 Å². The Morgan fingerprint density at radius 3 is 2.71 bits per heavy atom. The molecule has 1 aromatic carbocycles. The van der Waals surface area contributed by atoms with Crippen LogP contribution in [-0.2, 0) is 11.3 Å². The number of para-hydroxylation sites is 1. The highest BCUT2D eigenvalue weighted by atomic mass is 16.4. The van der Waals surface area contributed by atoms with E-state index in [1.54, 1.807) is 18.2 Å². The summed E-state index contributed by atoms with van der Waals surface area (Å²) >= 11 is 0. The summed E-state index contributed by atoms with van der Waals surface area (Å²) in [6.45, 7) is 0.892. The molecule has 0 amide bonds. The maximum atomic E-state index is 10.2. The van der Waals surface area contributed by atoms with Gasteiger partial charge in [-0.15, -0.1) is 0 Å². The molecular formula is C10H13NO3. The Bertz CT molecular complexity index is 312. The van der Waals surface area contributed by atoms with E-state index in [4.69, 9.17) is 5.11 Å². The molecule has 0 aromatic heterocycles. The molecule has 4 nitrogen and oxygen atoms in total. The minimum atomic E-state index is -0.824. The fourth-order valence-corrected chi connectivity index (χ4v) is 1.08. The van der Waals surface area contributed by atoms with Gasteiger partial charge < -0.3 is 15.5 Å². The third-order valence-electron chi connectivity index (χ3n) is 1.82. The van der Waals surface area contributed by atoms with Crippen LogP contribution in [0, 0.1) is 0 Å². The first kappa shape index (κ1) is 10.5. The largest absolute Gasteiger partial charge is 0.508 e. The van der Waals surface area contributed by atoms with E-state index in [0.717, 1.165) is 5.56 Å². The number of nitrogens with one attached hydrogen (secondary N) is 1. The standard InChI is InChI=1S/C10H13NO3/c12-9-4-2-1-3-8(9)7-11-6-5-10(13)14/h1-4,11-12H,5-7H2,(H,13,14). The maximum Gasteiger partial charge on any atom is 0.304 e. The van der Waals surface area contributed by atoms with E-state index < -0.39 is 5.97 Å². The molecule has 0 heterocycles. The van der Waals surface area contributed by atoms with Gasteiger partial charge in [0.1, 0.15) is 5.75 Å². The van der Waals surface area contributed by atoms with Gasteiger partial charge in [-0.25, -0.2) is 0 Å². The van der Waals surface area contributed by atoms with Crippen molar-refractivity contribution in [2.45, 2.75) is 13.0 Å². The van der Waals surface area contributed by atoms with Gasteiger partial charge in [-0.05, 0) is 6.07 Å². The van der Waals surface area contributed by atoms with Gasteiger partial charge in [0.2, 0.25) is 0 Å². The lowest BCUT2D eigenvalue weighted by atomic mass is 10.2. The van der Waals surface area contributed by atoms with Crippen molar-refractivity contribution in [3.63, 3.8) is 0 Å². The van der Waals surface area contributed by atoms with Gasteiger partial charge in [0.25, 0.3) is 0 Å². The van der Waals surface area contributed by atoms with Gasteiger partial charge in [-0.2, -0.15) is 0 Å². The lowest BCUT2D eigenvalue weighted by Gasteiger charge is -2.04. The topological polar surface area (TPSA) is 69.6 Å². The van der Waals surface area contributed by atoms with Crippen LogP contribution in [0.15, 0.2) is 24.3 Å². The van der Waals surface area contributed by atoms with Crippen LogP contribution in [0.3, 0.4) is 0 Å². The van der Waals surface area contributed by atoms with E-state index in [9.17, 15) is 9.90 Å². The highest BCUT2D eigenvalue weighted by Crippen LogP contribution is 2.14. The first-order chi connectivity index (χ1) is 6.70. The summed E-state index contributed by atoms with van der Waals surface area (Å²) in [6, 6.07) is 6.97. The number of carboxylic acid groups (broad SMARTS) is 1. The van der Waals surface area contributed by atoms with Crippen molar-refractivity contribution in [1.29, 1.82) is 0 Å². The first-order valence-corrected chi connectivity index (χ1v) is 4.39. The Morgan fingerprint density at radius 1 is 1.36 bits per heavy atom. The lowest BCUT2D eigenvalue weighted by Crippen LogP contribution is -2.17. The van der Waals surface area contributed by atoms with Crippen molar-refractivity contribution in [3.8, 4) is 5.75 Å². The zero-order valence-corrected chi connectivity index (χ0v) is 7.73. The first-order valence-electron chi connectivity index (χ1n) is 4.39. The SMILES string of the molecule is O=C(O)CCNCc1ccccc1O. The van der Waals surface area contributed by atoms with Gasteiger partial charge in [-0.3, -0.25) is 4.79 Å². The monoisotopic (exact) mass is 195 g/mol. The van der Waals surface area contributed by atoms with Gasteiger partial charge in [0.05, 0.1) is 6.42 Å². The summed E-state index contributed by atoms with van der Waals surface area (Å²) in [4.78, 5) is 10.2. The fraction of sp³-hybridized carbons (Fsp3) is 0.300. The molecule has 0 spiro atoms. The van der Waals surface area contributed by atoms with Gasteiger partial charge in [-0.1, -0.05) is 18.2 Å². The van der Waals surface area contributed by atoms with Crippen molar-refractivity contribution in [3.05, 3.63) is 29.8 Å². The summed E-state index contributed by atoms with van der Waals surface area (Å²) in [7, 11) is 0. The quantitative estimate of drug-likeness (QED) is 0.612. The minimum Gasteiger partial charge on any atom is -0.508 e. The number of rotatable bonds is 5. The molecule has 14 heavy (non-hydrogen) atoms. The van der Waals surface area contributed by atoms with E-state index in [1.165, 1.54) is 0 Å². The molecule has 1 rings (SSSR count). The minimum absolute atomic E-state index is 0.0909. The maximum absolute atomic E-state index is 10.2. The second-order valence-electron chi connectivity index (χ2n) is 2.95. The van der Waals surface area contributed by atoms with E-state index in [1.807, 2.05) is 6.07 Å². The van der Waals surface area contributed by atoms with Crippen LogP contribution in [0.25, 0.3) is 0 Å². The summed E-state index contributed by atoms with van der Waals surface area (Å²) in [5.41, 5.74) is 0.776. The van der Waals surface area contributed by atoms with Gasteiger partial charge >= 0.3 is 5.97 Å². The summed E-state index contributed by atoms with van der Waals surface area (Å²) in [5.74, 6) is -0.592. The number of hydrogen-bond acceptors (Lipinski definition) is 3. The average Bonchev–Trinajstić information content (AvgIpc) is 2.15. The normalized spacial score (nSPS) is 10.0. The second kappa shape index (κ2) is 5.24. The predicted molar refractivity (Wildman–Crippen MR) is 52.1 cm³/mol. The number of carboxylic acids is 1. The van der Waals surface area contributed by atoms with Crippen LogP contribution in [0.2, 0.25) is 0 Å². The molecule has 0 aliphatic heterocycles. The van der Waals surface area contributed by atoms with Crippen LogP contribution in [-0.4, -0.2) is 22.7 Å². The predicted octanol–water partition coefficient (Wildman–Crippen LogP) is 0.956. The highest BCUT2D eigenvalue weighted by molar-refractivity contribution is 5.66. The molecule has 0 radical (unpaired) electrons. The Labute approximate surface area is 82.2 Å². The number of hydrogen-bond donors (Lipinski definition) is 3. The van der Waals surface area contributed by atoms with Crippen LogP contribution in [0.5, 0.6) is 5.75 Å². The number of phenols is 1. The Morgan fingerprint density at radius 2 is 2.07 bits per heavy atom. The molecule has 0 atom stereocenters. The Kier molecular flexibility index (Phi) is 3.94. The third kappa shape index (κ3) is 3.45. The van der Waals surface area contributed by atoms with Crippen LogP contribution in [0.1, 0.15) is 12.0 Å². The number of carbonyl (C=O) groups is 1. The fourth-order valence-electron chi connectivity index (χ4n) is 1.08. The lowest BCUT2D eigenvalue weighted by molar-refractivity contribution is -0.136. The van der Waals surface area contributed by atoms with Crippen molar-refractivity contribution in [1.82, 2.24) is 5.32 Å². The van der Waals surface area contributed by atoms with Crippen molar-refractivity contribution in [2.24, 2.45) is 0 Å². The molecule has 0 unspecified atom stereocenters. The molecule has 3 N–H and O–H groups in total. The molecule has 0 saturated carbocycles. The van der Waals surface area contributed by atoms with Crippen molar-refractivity contribution in [2.75, 3.05) is 6.54 Å². The third-order valence-corrected chi connectivity index (χ3v) is 1.82. The zero-order valence-electron chi connectivity index (χ0n) is 7.73. The van der Waals surface area contributed by atoms with Crippen LogP contribution >= 0.6 is 0 Å². The number of aromatic hydroxyl groups is 1. The Balaban J connectivity index is 2.31. The smallest absolute Gasteiger partial charge is 0.304 e. The second-order valence-corrected chi connectivity index (χ2v) is 2.95. The van der Waals surface area contributed by atoms with E-state index in [-0.39, 0.29) is 12.2 Å². The molecule has 0 aliphatic rings. The van der Waals surface area contributed by atoms with Crippen LogP contribution in [0.4, 0.5) is 0 Å². The van der Waals surface area contributed by atoms with Crippen molar-refractivity contribution >= 4 is 5.97 Å². The number of benzene rings is 1.